The predicted octanol–water partition coefficient (Wildman–Crippen LogP) is 2.63. The van der Waals surface area contributed by atoms with E-state index in [1.54, 1.807) is 0 Å². The van der Waals surface area contributed by atoms with Gasteiger partial charge in [-0.05, 0) is 24.8 Å². The highest BCUT2D eigenvalue weighted by Gasteiger charge is 2.25. The molecule has 2 rings (SSSR count). The number of aliphatic hydroxyl groups is 1. The van der Waals surface area contributed by atoms with E-state index in [1.807, 2.05) is 18.2 Å². The first-order chi connectivity index (χ1) is 8.59. The summed E-state index contributed by atoms with van der Waals surface area (Å²) >= 11 is 0. The summed E-state index contributed by atoms with van der Waals surface area (Å²) in [5.74, 6) is 1.94. The Morgan fingerprint density at radius 3 is 2.68 bits per heavy atom. The van der Waals surface area contributed by atoms with Crippen LogP contribution >= 0.6 is 12.4 Å². The molecule has 0 spiro atoms. The van der Waals surface area contributed by atoms with Gasteiger partial charge in [0.25, 0.3) is 0 Å². The molecule has 0 aromatic heterocycles. The maximum Gasteiger partial charge on any atom is 0.231 e. The molecule has 0 saturated carbocycles. The normalized spacial score (nSPS) is 16.1. The lowest BCUT2D eigenvalue weighted by Gasteiger charge is -2.21. The van der Waals surface area contributed by atoms with Gasteiger partial charge in [0.05, 0.1) is 12.1 Å². The van der Waals surface area contributed by atoms with Crippen LogP contribution in [-0.4, -0.2) is 18.0 Å². The summed E-state index contributed by atoms with van der Waals surface area (Å²) in [7, 11) is 0. The molecule has 2 atom stereocenters. The Bertz CT molecular complexity index is 412. The number of fused-ring (bicyclic) bond motifs is 1. The number of rotatable bonds is 5. The molecule has 0 bridgehead atoms. The van der Waals surface area contributed by atoms with Gasteiger partial charge in [-0.2, -0.15) is 0 Å². The average Bonchev–Trinajstić information content (AvgIpc) is 2.82. The summed E-state index contributed by atoms with van der Waals surface area (Å²) in [6, 6.07) is 5.17. The van der Waals surface area contributed by atoms with Gasteiger partial charge < -0.3 is 20.3 Å². The first kappa shape index (κ1) is 16.1. The Hall–Kier alpha value is -0.970. The molecule has 0 amide bonds. The van der Waals surface area contributed by atoms with E-state index in [1.165, 1.54) is 0 Å². The van der Waals surface area contributed by atoms with Crippen molar-refractivity contribution in [2.24, 2.45) is 11.7 Å². The first-order valence-electron chi connectivity index (χ1n) is 6.41. The van der Waals surface area contributed by atoms with E-state index < -0.39 is 12.1 Å². The Balaban J connectivity index is 0.00000180. The minimum absolute atomic E-state index is 0. The second kappa shape index (κ2) is 6.98. The van der Waals surface area contributed by atoms with E-state index in [4.69, 9.17) is 15.2 Å². The summed E-state index contributed by atoms with van der Waals surface area (Å²) < 4.78 is 10.7. The van der Waals surface area contributed by atoms with Gasteiger partial charge in [0.15, 0.2) is 11.5 Å². The van der Waals surface area contributed by atoms with E-state index in [0.29, 0.717) is 23.8 Å². The van der Waals surface area contributed by atoms with Crippen LogP contribution < -0.4 is 15.2 Å². The van der Waals surface area contributed by atoms with Crippen molar-refractivity contribution in [3.8, 4) is 11.5 Å². The fourth-order valence-electron chi connectivity index (χ4n) is 2.11. The number of hydrogen-bond donors (Lipinski definition) is 2. The molecule has 1 heterocycles. The molecule has 1 aromatic rings. The highest BCUT2D eigenvalue weighted by molar-refractivity contribution is 5.85. The first-order valence-corrected chi connectivity index (χ1v) is 6.41. The van der Waals surface area contributed by atoms with Crippen molar-refractivity contribution >= 4 is 12.4 Å². The third kappa shape index (κ3) is 3.75. The summed E-state index contributed by atoms with van der Waals surface area (Å²) in [5, 5.41) is 10.1. The van der Waals surface area contributed by atoms with Gasteiger partial charge in [-0.1, -0.05) is 26.0 Å². The van der Waals surface area contributed by atoms with E-state index in [0.717, 1.165) is 12.0 Å². The molecule has 1 aliphatic heterocycles. The number of halogens is 1. The van der Waals surface area contributed by atoms with Crippen LogP contribution in [0.4, 0.5) is 0 Å². The molecule has 0 radical (unpaired) electrons. The number of aliphatic hydroxyl groups excluding tert-OH is 1. The third-order valence-electron chi connectivity index (χ3n) is 3.24. The minimum Gasteiger partial charge on any atom is -0.454 e. The Morgan fingerprint density at radius 1 is 1.26 bits per heavy atom. The molecular weight excluding hydrogens is 266 g/mol. The van der Waals surface area contributed by atoms with Crippen LogP contribution in [0.15, 0.2) is 18.2 Å². The Labute approximate surface area is 120 Å². The van der Waals surface area contributed by atoms with Crippen LogP contribution in [0.2, 0.25) is 0 Å². The third-order valence-corrected chi connectivity index (χ3v) is 3.24. The number of ether oxygens (including phenoxy) is 2. The summed E-state index contributed by atoms with van der Waals surface area (Å²) in [4.78, 5) is 0. The number of hydrogen-bond acceptors (Lipinski definition) is 4. The van der Waals surface area contributed by atoms with Gasteiger partial charge in [0.2, 0.25) is 6.79 Å². The van der Waals surface area contributed by atoms with E-state index in [-0.39, 0.29) is 19.2 Å². The van der Waals surface area contributed by atoms with Crippen LogP contribution in [-0.2, 0) is 0 Å². The van der Waals surface area contributed by atoms with Crippen LogP contribution in [0, 0.1) is 5.92 Å². The quantitative estimate of drug-likeness (QED) is 0.874. The zero-order chi connectivity index (χ0) is 13.1. The molecule has 0 saturated heterocycles. The molecule has 3 N–H and O–H groups in total. The molecule has 5 heteroatoms. The zero-order valence-corrected chi connectivity index (χ0v) is 12.2. The molecule has 1 aliphatic rings. The number of para-hydroxylation sites is 1. The lowest BCUT2D eigenvalue weighted by atomic mass is 9.95. The van der Waals surface area contributed by atoms with Crippen molar-refractivity contribution in [2.75, 3.05) is 6.79 Å². The van der Waals surface area contributed by atoms with Crippen molar-refractivity contribution in [2.45, 2.75) is 38.8 Å². The summed E-state index contributed by atoms with van der Waals surface area (Å²) in [6.07, 6.45) is 1.10. The van der Waals surface area contributed by atoms with Gasteiger partial charge in [0.1, 0.15) is 0 Å². The minimum atomic E-state index is -0.553. The van der Waals surface area contributed by atoms with Gasteiger partial charge >= 0.3 is 0 Å². The SMILES string of the molecule is CC(C)CC[C@@H](O)[C@@H](N)c1cccc2c1OCO2.Cl. The molecule has 0 aliphatic carbocycles. The topological polar surface area (TPSA) is 64.7 Å². The summed E-state index contributed by atoms with van der Waals surface area (Å²) in [5.41, 5.74) is 6.93. The summed E-state index contributed by atoms with van der Waals surface area (Å²) in [6.45, 7) is 4.49. The highest BCUT2D eigenvalue weighted by Crippen LogP contribution is 2.39. The smallest absolute Gasteiger partial charge is 0.231 e. The van der Waals surface area contributed by atoms with E-state index >= 15 is 0 Å². The lowest BCUT2D eigenvalue weighted by molar-refractivity contribution is 0.125. The zero-order valence-electron chi connectivity index (χ0n) is 11.3. The van der Waals surface area contributed by atoms with Gasteiger partial charge in [-0.15, -0.1) is 12.4 Å². The molecule has 0 fully saturated rings. The van der Waals surface area contributed by atoms with Crippen LogP contribution in [0.1, 0.15) is 38.3 Å². The van der Waals surface area contributed by atoms with E-state index in [2.05, 4.69) is 13.8 Å². The second-order valence-electron chi connectivity index (χ2n) is 5.15. The molecular formula is C14H22ClNO3. The maximum absolute atomic E-state index is 10.1. The van der Waals surface area contributed by atoms with Crippen molar-refractivity contribution in [1.29, 1.82) is 0 Å². The molecule has 1 aromatic carbocycles. The maximum atomic E-state index is 10.1. The van der Waals surface area contributed by atoms with Crippen LogP contribution in [0.25, 0.3) is 0 Å². The van der Waals surface area contributed by atoms with E-state index in [9.17, 15) is 5.11 Å². The molecule has 4 nitrogen and oxygen atoms in total. The monoisotopic (exact) mass is 287 g/mol. The molecule has 19 heavy (non-hydrogen) atoms. The van der Waals surface area contributed by atoms with Crippen LogP contribution in [0.3, 0.4) is 0 Å². The Kier molecular flexibility index (Phi) is 5.91. The predicted molar refractivity (Wildman–Crippen MR) is 76.8 cm³/mol. The fraction of sp³-hybridized carbons (Fsp3) is 0.571. The Morgan fingerprint density at radius 2 is 2.00 bits per heavy atom. The highest BCUT2D eigenvalue weighted by atomic mass is 35.5. The van der Waals surface area contributed by atoms with Gasteiger partial charge in [-0.3, -0.25) is 0 Å². The standard InChI is InChI=1S/C14H21NO3.ClH/c1-9(2)6-7-11(16)13(15)10-4-3-5-12-14(10)18-8-17-12;/h3-5,9,11,13,16H,6-8,15H2,1-2H3;1H/t11-,13+;/m1./s1. The largest absolute Gasteiger partial charge is 0.454 e. The fourth-order valence-corrected chi connectivity index (χ4v) is 2.11. The second-order valence-corrected chi connectivity index (χ2v) is 5.15. The van der Waals surface area contributed by atoms with Crippen LogP contribution in [0.5, 0.6) is 11.5 Å². The number of nitrogens with two attached hydrogens (primary N) is 1. The van der Waals surface area contributed by atoms with Crippen molar-refractivity contribution in [3.63, 3.8) is 0 Å². The van der Waals surface area contributed by atoms with Crippen molar-refractivity contribution in [1.82, 2.24) is 0 Å². The lowest BCUT2D eigenvalue weighted by Crippen LogP contribution is -2.26. The van der Waals surface area contributed by atoms with Crippen molar-refractivity contribution in [3.05, 3.63) is 23.8 Å². The molecule has 108 valence electrons. The van der Waals surface area contributed by atoms with Crippen molar-refractivity contribution < 1.29 is 14.6 Å². The van der Waals surface area contributed by atoms with Gasteiger partial charge in [-0.25, -0.2) is 0 Å². The number of benzene rings is 1. The molecule has 0 unspecified atom stereocenters. The van der Waals surface area contributed by atoms with Gasteiger partial charge in [0, 0.05) is 5.56 Å². The average molecular weight is 288 g/mol.